The van der Waals surface area contributed by atoms with Crippen LogP contribution in [0.3, 0.4) is 0 Å². The van der Waals surface area contributed by atoms with Crippen LogP contribution >= 0.6 is 0 Å². The number of fused-ring (bicyclic) bond motifs is 1. The van der Waals surface area contributed by atoms with Crippen LogP contribution in [-0.4, -0.2) is 42.6 Å². The third-order valence-corrected chi connectivity index (χ3v) is 7.06. The van der Waals surface area contributed by atoms with Crippen molar-refractivity contribution >= 4 is 17.0 Å². The normalized spacial score (nSPS) is 11.6. The maximum Gasteiger partial charge on any atom is 0.439 e. The Morgan fingerprint density at radius 2 is 1.73 bits per heavy atom. The van der Waals surface area contributed by atoms with Crippen molar-refractivity contribution in [3.8, 4) is 28.5 Å². The molecule has 6 aromatic rings. The summed E-state index contributed by atoms with van der Waals surface area (Å²) in [7, 11) is 0. The first kappa shape index (κ1) is 28.6. The predicted molar refractivity (Wildman–Crippen MR) is 160 cm³/mol. The van der Waals surface area contributed by atoms with E-state index in [4.69, 9.17) is 18.6 Å². The van der Waals surface area contributed by atoms with Gasteiger partial charge in [0, 0.05) is 11.0 Å². The second-order valence-corrected chi connectivity index (χ2v) is 11.2. The van der Waals surface area contributed by atoms with Crippen molar-refractivity contribution < 1.29 is 23.4 Å². The SMILES string of the molecule is CCOc1nc2cccc(C(=O)OCc3nonc3C(C)(C)C)c2n1Cc1ccc(-c2ccccc2-c2noc(=O)[nH]2)cc1. The molecule has 0 atom stereocenters. The number of carbonyl (C=O) groups is 1. The Labute approximate surface area is 251 Å². The largest absolute Gasteiger partial charge is 0.465 e. The van der Waals surface area contributed by atoms with Gasteiger partial charge in [-0.1, -0.05) is 90.8 Å². The van der Waals surface area contributed by atoms with Crippen LogP contribution in [0.2, 0.25) is 0 Å². The number of hydrogen-bond acceptors (Lipinski definition) is 10. The molecule has 0 aliphatic carbocycles. The Morgan fingerprint density at radius 3 is 2.43 bits per heavy atom. The second-order valence-electron chi connectivity index (χ2n) is 11.2. The number of benzene rings is 3. The lowest BCUT2D eigenvalue weighted by Crippen LogP contribution is -2.16. The first-order valence-electron chi connectivity index (χ1n) is 14.1. The minimum absolute atomic E-state index is 0.0804. The zero-order valence-corrected chi connectivity index (χ0v) is 24.7. The van der Waals surface area contributed by atoms with Gasteiger partial charge in [-0.15, -0.1) is 0 Å². The minimum atomic E-state index is -0.615. The number of esters is 1. The van der Waals surface area contributed by atoms with Crippen LogP contribution in [0.4, 0.5) is 0 Å². The molecule has 0 bridgehead atoms. The van der Waals surface area contributed by atoms with Crippen LogP contribution in [0.15, 0.2) is 80.7 Å². The molecule has 12 heteroatoms. The van der Waals surface area contributed by atoms with Gasteiger partial charge in [-0.2, -0.15) is 4.98 Å². The number of aromatic nitrogens is 6. The standard InChI is InChI=1S/C32H30N6O6/c1-5-41-30-33-24-12-8-11-23(29(39)42-18-25-27(32(2,3)4)36-44-35-25)26(24)38(30)17-19-13-15-20(16-14-19)21-9-6-7-10-22(21)28-34-31(40)43-37-28/h6-16H,5,17-18H2,1-4H3,(H,34,37,40). The summed E-state index contributed by atoms with van der Waals surface area (Å²) in [5, 5.41) is 11.8. The highest BCUT2D eigenvalue weighted by atomic mass is 16.6. The van der Waals surface area contributed by atoms with Gasteiger partial charge in [-0.3, -0.25) is 14.1 Å². The summed E-state index contributed by atoms with van der Waals surface area (Å²) in [6.07, 6.45) is 0. The lowest BCUT2D eigenvalue weighted by Gasteiger charge is -2.15. The van der Waals surface area contributed by atoms with Crippen LogP contribution in [0.1, 0.15) is 55.0 Å². The van der Waals surface area contributed by atoms with Crippen LogP contribution in [-0.2, 0) is 23.3 Å². The lowest BCUT2D eigenvalue weighted by molar-refractivity contribution is 0.0464. The molecule has 0 saturated carbocycles. The van der Waals surface area contributed by atoms with Gasteiger partial charge in [-0.05, 0) is 35.7 Å². The van der Waals surface area contributed by atoms with E-state index in [1.807, 2.05) is 86.9 Å². The number of H-pyrrole nitrogens is 1. The molecule has 3 aromatic heterocycles. The van der Waals surface area contributed by atoms with Gasteiger partial charge in [0.15, 0.2) is 5.82 Å². The molecule has 3 aromatic carbocycles. The summed E-state index contributed by atoms with van der Waals surface area (Å²) in [5.74, 6) is -0.786. The Balaban J connectivity index is 1.30. The molecular formula is C32H30N6O6. The average molecular weight is 595 g/mol. The summed E-state index contributed by atoms with van der Waals surface area (Å²) in [4.78, 5) is 32.2. The molecule has 0 aliphatic heterocycles. The predicted octanol–water partition coefficient (Wildman–Crippen LogP) is 5.53. The van der Waals surface area contributed by atoms with E-state index < -0.39 is 11.7 Å². The van der Waals surface area contributed by atoms with Crippen molar-refractivity contribution in [1.82, 2.24) is 30.0 Å². The minimum Gasteiger partial charge on any atom is -0.465 e. The summed E-state index contributed by atoms with van der Waals surface area (Å²) in [5.41, 5.74) is 5.83. The van der Waals surface area contributed by atoms with Crippen molar-refractivity contribution in [2.45, 2.75) is 46.3 Å². The number of para-hydroxylation sites is 1. The van der Waals surface area contributed by atoms with Gasteiger partial charge in [0.05, 0.1) is 29.7 Å². The Hall–Kier alpha value is -5.52. The van der Waals surface area contributed by atoms with E-state index >= 15 is 0 Å². The highest BCUT2D eigenvalue weighted by molar-refractivity contribution is 6.02. The number of nitrogens with zero attached hydrogens (tertiary/aromatic N) is 5. The van der Waals surface area contributed by atoms with E-state index in [1.54, 1.807) is 12.1 Å². The van der Waals surface area contributed by atoms with Crippen LogP contribution in [0.5, 0.6) is 6.01 Å². The van der Waals surface area contributed by atoms with Crippen molar-refractivity contribution in [3.05, 3.63) is 99.8 Å². The smallest absolute Gasteiger partial charge is 0.439 e. The fraction of sp³-hybridized carbons (Fsp3) is 0.250. The quantitative estimate of drug-likeness (QED) is 0.212. The Kier molecular flexibility index (Phi) is 7.56. The molecule has 12 nitrogen and oxygen atoms in total. The number of ether oxygens (including phenoxy) is 2. The molecular weight excluding hydrogens is 564 g/mol. The van der Waals surface area contributed by atoms with Crippen molar-refractivity contribution in [2.75, 3.05) is 6.61 Å². The molecule has 0 saturated heterocycles. The lowest BCUT2D eigenvalue weighted by atomic mass is 9.91. The number of rotatable bonds is 9. The van der Waals surface area contributed by atoms with Gasteiger partial charge >= 0.3 is 11.7 Å². The second kappa shape index (κ2) is 11.6. The molecule has 0 fully saturated rings. The first-order chi connectivity index (χ1) is 21.2. The molecule has 0 radical (unpaired) electrons. The summed E-state index contributed by atoms with van der Waals surface area (Å²) >= 11 is 0. The first-order valence-corrected chi connectivity index (χ1v) is 14.1. The van der Waals surface area contributed by atoms with E-state index in [-0.39, 0.29) is 12.0 Å². The fourth-order valence-corrected chi connectivity index (χ4v) is 5.06. The van der Waals surface area contributed by atoms with E-state index in [2.05, 4.69) is 25.4 Å². The molecule has 224 valence electrons. The summed E-state index contributed by atoms with van der Waals surface area (Å²) < 4.78 is 23.1. The van der Waals surface area contributed by atoms with Gasteiger partial charge in [0.1, 0.15) is 18.0 Å². The third kappa shape index (κ3) is 5.61. The zero-order valence-electron chi connectivity index (χ0n) is 24.7. The molecule has 0 amide bonds. The molecule has 0 unspecified atom stereocenters. The Morgan fingerprint density at radius 1 is 0.955 bits per heavy atom. The van der Waals surface area contributed by atoms with Crippen LogP contribution < -0.4 is 10.5 Å². The van der Waals surface area contributed by atoms with E-state index in [0.717, 1.165) is 22.3 Å². The average Bonchev–Trinajstić information content (AvgIpc) is 3.75. The fourth-order valence-electron chi connectivity index (χ4n) is 5.06. The summed E-state index contributed by atoms with van der Waals surface area (Å²) in [6.45, 7) is 8.53. The number of nitrogens with one attached hydrogen (secondary N) is 1. The maximum atomic E-state index is 13.4. The number of carbonyl (C=O) groups excluding carboxylic acids is 1. The topological polar surface area (TPSA) is 151 Å². The van der Waals surface area contributed by atoms with Gasteiger partial charge in [0.25, 0.3) is 6.01 Å². The van der Waals surface area contributed by atoms with Gasteiger partial charge < -0.3 is 9.47 Å². The third-order valence-electron chi connectivity index (χ3n) is 7.06. The molecule has 44 heavy (non-hydrogen) atoms. The van der Waals surface area contributed by atoms with E-state index in [1.165, 1.54) is 0 Å². The van der Waals surface area contributed by atoms with Crippen molar-refractivity contribution in [3.63, 3.8) is 0 Å². The van der Waals surface area contributed by atoms with Crippen molar-refractivity contribution in [2.24, 2.45) is 0 Å². The maximum absolute atomic E-state index is 13.4. The monoisotopic (exact) mass is 594 g/mol. The number of hydrogen-bond donors (Lipinski definition) is 1. The van der Waals surface area contributed by atoms with Gasteiger partial charge in [0.2, 0.25) is 0 Å². The van der Waals surface area contributed by atoms with Crippen LogP contribution in [0.25, 0.3) is 33.5 Å². The number of aromatic amines is 1. The Bertz CT molecular complexity index is 1990. The zero-order chi connectivity index (χ0) is 30.8. The molecule has 3 heterocycles. The van der Waals surface area contributed by atoms with E-state index in [0.29, 0.717) is 53.0 Å². The number of imidazole rings is 1. The molecule has 1 N–H and O–H groups in total. The summed E-state index contributed by atoms with van der Waals surface area (Å²) in [6, 6.07) is 21.3. The molecule has 0 spiro atoms. The van der Waals surface area contributed by atoms with Crippen molar-refractivity contribution in [1.29, 1.82) is 0 Å². The highest BCUT2D eigenvalue weighted by Crippen LogP contribution is 2.31. The molecule has 0 aliphatic rings. The van der Waals surface area contributed by atoms with Crippen LogP contribution in [0, 0.1) is 0 Å². The highest BCUT2D eigenvalue weighted by Gasteiger charge is 2.26. The molecule has 6 rings (SSSR count). The van der Waals surface area contributed by atoms with E-state index in [9.17, 15) is 9.59 Å². The van der Waals surface area contributed by atoms with Gasteiger partial charge in [-0.25, -0.2) is 14.2 Å².